The summed E-state index contributed by atoms with van der Waals surface area (Å²) in [4.78, 5) is 3.96. The topological polar surface area (TPSA) is 29.3 Å². The quantitative estimate of drug-likeness (QED) is 0.921. The van der Waals surface area contributed by atoms with E-state index in [4.69, 9.17) is 5.73 Å². The van der Waals surface area contributed by atoms with Crippen LogP contribution < -0.4 is 5.73 Å². The number of thioether (sulfide) groups is 1. The smallest absolute Gasteiger partial charge is 0.0476 e. The van der Waals surface area contributed by atoms with Crippen LogP contribution in [0.1, 0.15) is 38.1 Å². The number of hydrogen-bond donors (Lipinski definition) is 1. The summed E-state index contributed by atoms with van der Waals surface area (Å²) >= 11 is 3.90. The van der Waals surface area contributed by atoms with Crippen LogP contribution in [0.2, 0.25) is 0 Å². The molecule has 0 saturated carbocycles. The molecule has 1 aliphatic rings. The van der Waals surface area contributed by atoms with Crippen molar-refractivity contribution in [3.8, 4) is 0 Å². The van der Waals surface area contributed by atoms with E-state index < -0.39 is 0 Å². The average molecular weight is 299 g/mol. The van der Waals surface area contributed by atoms with Gasteiger partial charge in [-0.3, -0.25) is 4.90 Å². The maximum atomic E-state index is 6.25. The third-order valence-electron chi connectivity index (χ3n) is 5.02. The van der Waals surface area contributed by atoms with Gasteiger partial charge >= 0.3 is 0 Å². The van der Waals surface area contributed by atoms with Gasteiger partial charge in [-0.2, -0.15) is 11.8 Å². The number of thiophene rings is 1. The predicted molar refractivity (Wildman–Crippen MR) is 88.0 cm³/mol. The predicted octanol–water partition coefficient (Wildman–Crippen LogP) is 3.60. The second-order valence-electron chi connectivity index (χ2n) is 6.22. The maximum absolute atomic E-state index is 6.25. The average Bonchev–Trinajstić information content (AvgIpc) is 2.91. The molecule has 2 nitrogen and oxygen atoms in total. The highest BCUT2D eigenvalue weighted by Crippen LogP contribution is 2.47. The van der Waals surface area contributed by atoms with Gasteiger partial charge in [0.05, 0.1) is 0 Å². The van der Waals surface area contributed by atoms with Crippen LogP contribution in [-0.4, -0.2) is 35.5 Å². The molecule has 1 aliphatic heterocycles. The summed E-state index contributed by atoms with van der Waals surface area (Å²) in [6, 6.07) is 4.81. The lowest BCUT2D eigenvalue weighted by Gasteiger charge is -2.56. The number of likely N-dealkylation sites (N-methyl/N-ethyl adjacent to an activating group) is 1. The van der Waals surface area contributed by atoms with E-state index >= 15 is 0 Å². The van der Waals surface area contributed by atoms with Crippen LogP contribution in [0.3, 0.4) is 0 Å². The van der Waals surface area contributed by atoms with E-state index in [-0.39, 0.29) is 11.0 Å². The molecule has 0 amide bonds. The first-order valence-electron chi connectivity index (χ1n) is 6.99. The van der Waals surface area contributed by atoms with Gasteiger partial charge in [0, 0.05) is 28.8 Å². The number of nitrogens with two attached hydrogens (primary N) is 1. The zero-order chi connectivity index (χ0) is 14.1. The Kier molecular flexibility index (Phi) is 4.66. The summed E-state index contributed by atoms with van der Waals surface area (Å²) in [5.41, 5.74) is 6.62. The highest BCUT2D eigenvalue weighted by atomic mass is 32.2. The fourth-order valence-corrected chi connectivity index (χ4v) is 5.82. The molecule has 1 saturated heterocycles. The van der Waals surface area contributed by atoms with Crippen molar-refractivity contribution >= 4 is 23.1 Å². The second kappa shape index (κ2) is 5.76. The molecule has 0 spiro atoms. The minimum Gasteiger partial charge on any atom is -0.329 e. The zero-order valence-corrected chi connectivity index (χ0v) is 14.1. The Morgan fingerprint density at radius 1 is 1.47 bits per heavy atom. The highest BCUT2D eigenvalue weighted by molar-refractivity contribution is 7.99. The number of hydrogen-bond acceptors (Lipinski definition) is 4. The molecule has 1 fully saturated rings. The van der Waals surface area contributed by atoms with Crippen LogP contribution in [-0.2, 0) is 0 Å². The fourth-order valence-electron chi connectivity index (χ4n) is 3.15. The molecular formula is C15H26N2S2. The summed E-state index contributed by atoms with van der Waals surface area (Å²) in [6.07, 6.45) is 1.25. The number of rotatable bonds is 4. The molecule has 0 aliphatic carbocycles. The van der Waals surface area contributed by atoms with Gasteiger partial charge in [0.15, 0.2) is 0 Å². The second-order valence-corrected chi connectivity index (χ2v) is 8.31. The Balaban J connectivity index is 2.29. The van der Waals surface area contributed by atoms with Crippen LogP contribution in [0.25, 0.3) is 0 Å². The first kappa shape index (κ1) is 15.4. The van der Waals surface area contributed by atoms with Crippen LogP contribution in [0.15, 0.2) is 17.5 Å². The molecule has 0 radical (unpaired) electrons. The van der Waals surface area contributed by atoms with Crippen molar-refractivity contribution in [3.63, 3.8) is 0 Å². The minimum atomic E-state index is 0.0966. The molecule has 4 heteroatoms. The van der Waals surface area contributed by atoms with E-state index in [1.165, 1.54) is 17.1 Å². The molecule has 108 valence electrons. The lowest BCUT2D eigenvalue weighted by Crippen LogP contribution is -2.65. The summed E-state index contributed by atoms with van der Waals surface area (Å²) in [7, 11) is 2.25. The van der Waals surface area contributed by atoms with Gasteiger partial charge < -0.3 is 5.73 Å². The fraction of sp³-hybridized carbons (Fsp3) is 0.733. The number of nitrogens with zero attached hydrogens (tertiary/aromatic N) is 1. The van der Waals surface area contributed by atoms with Gasteiger partial charge in [-0.25, -0.2) is 0 Å². The van der Waals surface area contributed by atoms with E-state index in [9.17, 15) is 0 Å². The Hall–Kier alpha value is -0.0300. The normalized spacial score (nSPS) is 28.5. The molecule has 0 aromatic carbocycles. The molecule has 0 bridgehead atoms. The lowest BCUT2D eigenvalue weighted by molar-refractivity contribution is -0.00403. The van der Waals surface area contributed by atoms with Gasteiger partial charge in [0.1, 0.15) is 0 Å². The molecule has 2 heterocycles. The first-order chi connectivity index (χ1) is 8.94. The van der Waals surface area contributed by atoms with E-state index in [2.05, 4.69) is 62.0 Å². The van der Waals surface area contributed by atoms with E-state index in [1.807, 2.05) is 11.3 Å². The van der Waals surface area contributed by atoms with Gasteiger partial charge in [-0.15, -0.1) is 11.3 Å². The molecule has 1 aromatic heterocycles. The van der Waals surface area contributed by atoms with Gasteiger partial charge in [0.25, 0.3) is 0 Å². The SMILES string of the molecule is CC(c1cccs1)N(C)C1(CN)CSCCC1(C)C. The molecule has 2 rings (SSSR count). The standard InChI is InChI=1S/C15H26N2S2/c1-12(13-6-5-8-19-13)17(4)15(10-16)11-18-9-7-14(15,2)3/h5-6,8,12H,7,9-11,16H2,1-4H3. The largest absolute Gasteiger partial charge is 0.329 e. The van der Waals surface area contributed by atoms with Gasteiger partial charge in [0.2, 0.25) is 0 Å². The first-order valence-corrected chi connectivity index (χ1v) is 9.02. The lowest BCUT2D eigenvalue weighted by atomic mass is 9.69. The minimum absolute atomic E-state index is 0.0966. The molecule has 1 aromatic rings. The maximum Gasteiger partial charge on any atom is 0.0476 e. The van der Waals surface area contributed by atoms with Crippen molar-refractivity contribution in [2.24, 2.45) is 11.1 Å². The van der Waals surface area contributed by atoms with Gasteiger partial charge in [-0.05, 0) is 43.0 Å². The Labute approximate surface area is 125 Å². The summed E-state index contributed by atoms with van der Waals surface area (Å²) in [6.45, 7) is 7.81. The van der Waals surface area contributed by atoms with E-state index in [0.29, 0.717) is 6.04 Å². The van der Waals surface area contributed by atoms with Crippen molar-refractivity contribution in [2.45, 2.75) is 38.8 Å². The highest BCUT2D eigenvalue weighted by Gasteiger charge is 2.50. The molecule has 19 heavy (non-hydrogen) atoms. The Morgan fingerprint density at radius 2 is 2.21 bits per heavy atom. The Bertz CT molecular complexity index is 402. The molecule has 2 N–H and O–H groups in total. The van der Waals surface area contributed by atoms with Crippen LogP contribution in [0, 0.1) is 5.41 Å². The molecule has 2 atom stereocenters. The van der Waals surface area contributed by atoms with Crippen molar-refractivity contribution in [1.29, 1.82) is 0 Å². The molecule has 2 unspecified atom stereocenters. The van der Waals surface area contributed by atoms with Crippen molar-refractivity contribution in [1.82, 2.24) is 4.90 Å². The van der Waals surface area contributed by atoms with Crippen molar-refractivity contribution in [3.05, 3.63) is 22.4 Å². The molecular weight excluding hydrogens is 272 g/mol. The summed E-state index contributed by atoms with van der Waals surface area (Å²) in [5.74, 6) is 2.40. The summed E-state index contributed by atoms with van der Waals surface area (Å²) in [5, 5.41) is 2.16. The van der Waals surface area contributed by atoms with Crippen LogP contribution >= 0.6 is 23.1 Å². The van der Waals surface area contributed by atoms with Gasteiger partial charge in [-0.1, -0.05) is 19.9 Å². The van der Waals surface area contributed by atoms with Crippen molar-refractivity contribution in [2.75, 3.05) is 25.1 Å². The monoisotopic (exact) mass is 298 g/mol. The van der Waals surface area contributed by atoms with Crippen molar-refractivity contribution < 1.29 is 0 Å². The van der Waals surface area contributed by atoms with E-state index in [0.717, 1.165) is 12.3 Å². The Morgan fingerprint density at radius 3 is 2.74 bits per heavy atom. The van der Waals surface area contributed by atoms with E-state index in [1.54, 1.807) is 0 Å². The third-order valence-corrected chi connectivity index (χ3v) is 7.24. The van der Waals surface area contributed by atoms with Crippen LogP contribution in [0.4, 0.5) is 0 Å². The summed E-state index contributed by atoms with van der Waals surface area (Å²) < 4.78 is 0. The zero-order valence-electron chi connectivity index (χ0n) is 12.5. The van der Waals surface area contributed by atoms with Crippen LogP contribution in [0.5, 0.6) is 0 Å². The third kappa shape index (κ3) is 2.60.